The second-order valence-corrected chi connectivity index (χ2v) is 32.2. The minimum atomic E-state index is 0.887. The van der Waals surface area contributed by atoms with Crippen molar-refractivity contribution in [1.82, 2.24) is 33.9 Å². The Hall–Kier alpha value is -16.1. The van der Waals surface area contributed by atoms with Crippen molar-refractivity contribution in [2.75, 3.05) is 0 Å². The summed E-state index contributed by atoms with van der Waals surface area (Å²) in [7, 11) is 0. The minimum absolute atomic E-state index is 0.887. The van der Waals surface area contributed by atoms with Crippen LogP contribution in [0, 0.1) is 0 Å². The van der Waals surface area contributed by atoms with Crippen LogP contribution in [0.15, 0.2) is 443 Å². The van der Waals surface area contributed by atoms with E-state index in [-0.39, 0.29) is 0 Å². The largest absolute Gasteiger partial charge is 0.291 e. The molecule has 0 saturated heterocycles. The highest BCUT2D eigenvalue weighted by Gasteiger charge is 2.25. The number of pyridine rings is 3. The Morgan fingerprint density at radius 1 is 0.236 bits per heavy atom. The van der Waals surface area contributed by atoms with Crippen molar-refractivity contribution < 1.29 is 0 Å². The van der Waals surface area contributed by atoms with Crippen molar-refractivity contribution >= 4 is 135 Å². The molecule has 8 heteroatoms. The van der Waals surface area contributed by atoms with Gasteiger partial charge in [0.05, 0.1) is 33.1 Å². The summed E-state index contributed by atoms with van der Waals surface area (Å²) in [6.45, 7) is 0. The molecule has 0 unspecified atom stereocenters. The Morgan fingerprint density at radius 3 is 1.20 bits per heavy atom. The Kier molecular flexibility index (Phi) is 18.0. The van der Waals surface area contributed by atoms with E-state index in [1.807, 2.05) is 42.9 Å². The number of hydrogen-bond acceptors (Lipinski definition) is 6. The van der Waals surface area contributed by atoms with Gasteiger partial charge in [0.25, 0.3) is 0 Å². The zero-order valence-electron chi connectivity index (χ0n) is 66.7. The highest BCUT2D eigenvalue weighted by molar-refractivity contribution is 7.23. The second kappa shape index (κ2) is 30.7. The third-order valence-electron chi connectivity index (χ3n) is 24.2. The number of nitrogens with zero attached hydrogens (tertiary/aromatic N) is 7. The second-order valence-electron chi connectivity index (χ2n) is 31.2. The van der Waals surface area contributed by atoms with Crippen LogP contribution in [0.25, 0.3) is 230 Å². The summed E-state index contributed by atoms with van der Waals surface area (Å²) in [6, 6.07) is 150. The smallest absolute Gasteiger partial charge is 0.197 e. The van der Waals surface area contributed by atoms with E-state index in [4.69, 9.17) is 15.0 Å². The zero-order valence-corrected chi connectivity index (χ0v) is 67.5. The molecule has 6 aromatic heterocycles. The lowest BCUT2D eigenvalue weighted by atomic mass is 9.85. The maximum absolute atomic E-state index is 5.33. The molecule has 6 heterocycles. The average molecular weight is 1580 g/mol. The standard InChI is InChI=1S/C44H29N3.C41H24N4S.C30H20/c1-4-12-31(13-5-1)42-36-18-10-11-19-37(36)43(32-14-6-2-7-15-32)39-28-34(22-25-38(39)42)30-20-23-35(24-21-30)47-41-29-45-27-26-40(41)46-44(47)33-16-8-3-9-17-33;1-2-11-25(12-3-1)38-32-18-8-9-19-33(32)39-40(43-38)45-34-23-26(20-21-35(34)46-41(45)44-39)36-28-14-4-6-16-30(28)37(27-13-10-22-42-24-27)31-17-7-5-15-29(31)36;1-2-12-22(13-3-1)29-25-16-6-8-18-27(25)30(28-19-9-7-17-26(28)29)24-20-10-14-21-11-4-5-15-23(21)24/h1-29H;1-24H;1-20H. The molecule has 25 aromatic rings. The molecule has 0 aliphatic rings. The van der Waals surface area contributed by atoms with Gasteiger partial charge in [-0.2, -0.15) is 0 Å². The van der Waals surface area contributed by atoms with E-state index < -0.39 is 0 Å². The number of imidazole rings is 2. The first-order valence-electron chi connectivity index (χ1n) is 41.7. The van der Waals surface area contributed by atoms with Crippen LogP contribution >= 0.6 is 11.3 Å². The molecule has 0 aliphatic carbocycles. The summed E-state index contributed by atoms with van der Waals surface area (Å²) < 4.78 is 5.64. The quantitative estimate of drug-likeness (QED) is 0.128. The molecule has 0 amide bonds. The van der Waals surface area contributed by atoms with Crippen LogP contribution in [-0.2, 0) is 0 Å². The van der Waals surface area contributed by atoms with Crippen molar-refractivity contribution in [3.05, 3.63) is 443 Å². The maximum atomic E-state index is 5.33. The first-order chi connectivity index (χ1) is 61.1. The minimum Gasteiger partial charge on any atom is -0.291 e. The van der Waals surface area contributed by atoms with E-state index in [9.17, 15) is 0 Å². The maximum Gasteiger partial charge on any atom is 0.197 e. The van der Waals surface area contributed by atoms with Crippen molar-refractivity contribution in [1.29, 1.82) is 0 Å². The molecular weight excluding hydrogens is 1510 g/mol. The van der Waals surface area contributed by atoms with Gasteiger partial charge in [-0.05, 0) is 190 Å². The fraction of sp³-hybridized carbons (Fsp3) is 0. The summed E-state index contributed by atoms with van der Waals surface area (Å²) in [5.74, 6) is 0.903. The van der Waals surface area contributed by atoms with Gasteiger partial charge in [-0.15, -0.1) is 0 Å². The molecule has 0 saturated carbocycles. The van der Waals surface area contributed by atoms with Gasteiger partial charge in [0.1, 0.15) is 11.3 Å². The summed E-state index contributed by atoms with van der Waals surface area (Å²) >= 11 is 1.71. The van der Waals surface area contributed by atoms with Crippen molar-refractivity contribution in [3.8, 4) is 106 Å². The van der Waals surface area contributed by atoms with E-state index in [2.05, 4.69) is 413 Å². The fourth-order valence-corrected chi connectivity index (χ4v) is 19.9. The summed E-state index contributed by atoms with van der Waals surface area (Å²) in [5.41, 5.74) is 26.3. The lowest BCUT2D eigenvalue weighted by Crippen LogP contribution is -1.97. The van der Waals surface area contributed by atoms with Gasteiger partial charge in [0.15, 0.2) is 10.6 Å². The third-order valence-corrected chi connectivity index (χ3v) is 25.3. The summed E-state index contributed by atoms with van der Waals surface area (Å²) in [4.78, 5) is 25.3. The molecule has 0 atom stereocenters. The van der Waals surface area contributed by atoms with Crippen LogP contribution in [0.3, 0.4) is 0 Å². The number of benzene rings is 19. The molecule has 574 valence electrons. The van der Waals surface area contributed by atoms with Gasteiger partial charge in [-0.3, -0.25) is 18.9 Å². The zero-order chi connectivity index (χ0) is 81.3. The van der Waals surface area contributed by atoms with E-state index in [0.29, 0.717) is 0 Å². The van der Waals surface area contributed by atoms with Crippen molar-refractivity contribution in [2.45, 2.75) is 0 Å². The monoisotopic (exact) mass is 1580 g/mol. The predicted octanol–water partition coefficient (Wildman–Crippen LogP) is 30.8. The Balaban J connectivity index is 0.000000110. The highest BCUT2D eigenvalue weighted by Crippen LogP contribution is 2.50. The lowest BCUT2D eigenvalue weighted by molar-refractivity contribution is 1.10. The van der Waals surface area contributed by atoms with Gasteiger partial charge in [-0.25, -0.2) is 15.0 Å². The van der Waals surface area contributed by atoms with Crippen LogP contribution in [0.1, 0.15) is 0 Å². The molecule has 0 aliphatic heterocycles. The molecule has 19 aromatic carbocycles. The normalized spacial score (nSPS) is 11.6. The predicted molar refractivity (Wildman–Crippen MR) is 518 cm³/mol. The van der Waals surface area contributed by atoms with Gasteiger partial charge in [0, 0.05) is 51.7 Å². The SMILES string of the molecule is c1ccc(-c2c3ccccc3c(-c3cccc4ccccc34)c3ccccc23)cc1.c1ccc(-c2c3ccccc3c(-c3ccccc3)c3cc(-c4ccc(-n5c(-c6ccccc6)nc6ccncc65)cc4)ccc23)cc1.c1ccc(-c2nc3c(nc4sc5ccc(-c6c7ccccc7c(-c7cccnc7)c7ccccc67)cc5n43)c3ccccc23)cc1. The fourth-order valence-electron chi connectivity index (χ4n) is 18.9. The topological polar surface area (TPSA) is 73.8 Å². The number of thiazole rings is 1. The van der Waals surface area contributed by atoms with Crippen molar-refractivity contribution in [2.24, 2.45) is 0 Å². The molecule has 0 fully saturated rings. The van der Waals surface area contributed by atoms with Crippen LogP contribution in [0.2, 0.25) is 0 Å². The van der Waals surface area contributed by atoms with Crippen LogP contribution in [-0.4, -0.2) is 33.9 Å². The molecule has 0 N–H and O–H groups in total. The molecular formula is C115H73N7S. The van der Waals surface area contributed by atoms with E-state index in [0.717, 1.165) is 82.9 Å². The number of hydrogen-bond donors (Lipinski definition) is 0. The molecule has 7 nitrogen and oxygen atoms in total. The highest BCUT2D eigenvalue weighted by atomic mass is 32.1. The first kappa shape index (κ1) is 72.1. The lowest BCUT2D eigenvalue weighted by Gasteiger charge is -2.19. The van der Waals surface area contributed by atoms with E-state index >= 15 is 0 Å². The Labute approximate surface area is 713 Å². The van der Waals surface area contributed by atoms with Gasteiger partial charge >= 0.3 is 0 Å². The van der Waals surface area contributed by atoms with E-state index in [1.165, 1.54) is 147 Å². The molecule has 0 spiro atoms. The van der Waals surface area contributed by atoms with Gasteiger partial charge in [-0.1, -0.05) is 387 Å². The molecule has 25 rings (SSSR count). The van der Waals surface area contributed by atoms with Gasteiger partial charge in [0.2, 0.25) is 0 Å². The number of aromatic nitrogens is 7. The van der Waals surface area contributed by atoms with Crippen molar-refractivity contribution in [3.63, 3.8) is 0 Å². The summed E-state index contributed by atoms with van der Waals surface area (Å²) in [6.07, 6.45) is 7.49. The summed E-state index contributed by atoms with van der Waals surface area (Å²) in [5, 5.41) is 19.9. The Bertz CT molecular complexity index is 8280. The average Bonchev–Trinajstić information content (AvgIpc) is 1.63. The van der Waals surface area contributed by atoms with Crippen LogP contribution in [0.5, 0.6) is 0 Å². The van der Waals surface area contributed by atoms with Crippen LogP contribution in [0.4, 0.5) is 0 Å². The van der Waals surface area contributed by atoms with Gasteiger partial charge < -0.3 is 0 Å². The molecule has 0 radical (unpaired) electrons. The number of rotatable bonds is 10. The third kappa shape index (κ3) is 12.5. The van der Waals surface area contributed by atoms with E-state index in [1.54, 1.807) is 17.5 Å². The number of fused-ring (bicyclic) bond motifs is 15. The molecule has 123 heavy (non-hydrogen) atoms. The molecule has 0 bridgehead atoms. The first-order valence-corrected chi connectivity index (χ1v) is 42.5. The Morgan fingerprint density at radius 2 is 0.659 bits per heavy atom. The van der Waals surface area contributed by atoms with Crippen LogP contribution < -0.4 is 0 Å².